The van der Waals surface area contributed by atoms with Gasteiger partial charge in [0.1, 0.15) is 12.4 Å². The maximum absolute atomic E-state index is 3.69. The second-order valence-electron chi connectivity index (χ2n) is 12.2. The fourth-order valence-corrected chi connectivity index (χ4v) is 6.07. The zero-order valence-corrected chi connectivity index (χ0v) is 26.1. The molecule has 0 amide bonds. The monoisotopic (exact) mass is 518 g/mol. The predicted octanol–water partition coefficient (Wildman–Crippen LogP) is 12.1. The lowest BCUT2D eigenvalue weighted by Gasteiger charge is -2.17. The third-order valence-corrected chi connectivity index (χ3v) is 8.64. The van der Waals surface area contributed by atoms with Crippen LogP contribution in [0.15, 0.2) is 12.4 Å². The van der Waals surface area contributed by atoms with Crippen molar-refractivity contribution in [3.05, 3.63) is 18.2 Å². The molecule has 0 aliphatic rings. The SMILES string of the molecule is CCCCCCCCCCCCCCCC(C)[n+]1cc[nH]c1C(CCCCC)CCCCCCCCC. The third-order valence-electron chi connectivity index (χ3n) is 8.64. The van der Waals surface area contributed by atoms with Crippen LogP contribution in [-0.2, 0) is 0 Å². The number of rotatable bonds is 28. The summed E-state index contributed by atoms with van der Waals surface area (Å²) in [7, 11) is 0. The molecule has 2 unspecified atom stereocenters. The van der Waals surface area contributed by atoms with Crippen molar-refractivity contribution in [2.24, 2.45) is 0 Å². The normalized spacial score (nSPS) is 13.3. The molecule has 1 aromatic heterocycles. The molecule has 0 aliphatic carbocycles. The Morgan fingerprint density at radius 1 is 0.514 bits per heavy atom. The van der Waals surface area contributed by atoms with Gasteiger partial charge in [-0.25, -0.2) is 9.55 Å². The van der Waals surface area contributed by atoms with Crippen LogP contribution in [0.25, 0.3) is 0 Å². The van der Waals surface area contributed by atoms with E-state index in [0.29, 0.717) is 12.0 Å². The minimum Gasteiger partial charge on any atom is -0.247 e. The molecule has 1 heterocycles. The molecule has 0 saturated heterocycles. The van der Waals surface area contributed by atoms with Crippen LogP contribution in [0, 0.1) is 0 Å². The number of H-pyrrole nitrogens is 1. The van der Waals surface area contributed by atoms with Gasteiger partial charge in [-0.15, -0.1) is 0 Å². The average molecular weight is 518 g/mol. The highest BCUT2D eigenvalue weighted by Crippen LogP contribution is 2.27. The lowest BCUT2D eigenvalue weighted by atomic mass is 9.93. The molecule has 0 fully saturated rings. The maximum Gasteiger partial charge on any atom is 0.257 e. The van der Waals surface area contributed by atoms with Gasteiger partial charge in [-0.1, -0.05) is 162 Å². The molecule has 0 spiro atoms. The molecule has 1 rings (SSSR count). The Labute approximate surface area is 234 Å². The molecule has 0 aliphatic heterocycles. The van der Waals surface area contributed by atoms with E-state index in [-0.39, 0.29) is 0 Å². The molecule has 1 N–H and O–H groups in total. The van der Waals surface area contributed by atoms with E-state index in [9.17, 15) is 0 Å². The van der Waals surface area contributed by atoms with E-state index >= 15 is 0 Å². The molecule has 0 saturated carbocycles. The quantitative estimate of drug-likeness (QED) is 0.0842. The van der Waals surface area contributed by atoms with E-state index in [4.69, 9.17) is 0 Å². The molecule has 37 heavy (non-hydrogen) atoms. The van der Waals surface area contributed by atoms with E-state index in [1.54, 1.807) is 0 Å². The number of imidazole rings is 1. The van der Waals surface area contributed by atoms with Gasteiger partial charge in [0.25, 0.3) is 5.82 Å². The number of hydrogen-bond acceptors (Lipinski definition) is 0. The van der Waals surface area contributed by atoms with Gasteiger partial charge in [0, 0.05) is 0 Å². The lowest BCUT2D eigenvalue weighted by Crippen LogP contribution is -2.41. The molecule has 0 aromatic carbocycles. The Morgan fingerprint density at radius 2 is 0.865 bits per heavy atom. The minimum atomic E-state index is 0.622. The van der Waals surface area contributed by atoms with Gasteiger partial charge < -0.3 is 0 Å². The van der Waals surface area contributed by atoms with Crippen molar-refractivity contribution in [2.75, 3.05) is 0 Å². The van der Waals surface area contributed by atoms with E-state index in [1.807, 2.05) is 0 Å². The van der Waals surface area contributed by atoms with E-state index in [2.05, 4.69) is 49.6 Å². The van der Waals surface area contributed by atoms with Crippen molar-refractivity contribution < 1.29 is 4.57 Å². The van der Waals surface area contributed by atoms with Gasteiger partial charge in [-0.05, 0) is 32.6 Å². The number of unbranched alkanes of at least 4 members (excludes halogenated alkanes) is 20. The molecule has 0 radical (unpaired) electrons. The van der Waals surface area contributed by atoms with Crippen molar-refractivity contribution in [1.29, 1.82) is 0 Å². The third kappa shape index (κ3) is 18.2. The van der Waals surface area contributed by atoms with E-state index in [0.717, 1.165) is 0 Å². The fraction of sp³-hybridized carbons (Fsp3) is 0.914. The summed E-state index contributed by atoms with van der Waals surface area (Å²) in [6, 6.07) is 0.622. The number of aromatic amines is 1. The van der Waals surface area contributed by atoms with Crippen LogP contribution < -0.4 is 4.57 Å². The number of hydrogen-bond donors (Lipinski definition) is 1. The largest absolute Gasteiger partial charge is 0.257 e. The van der Waals surface area contributed by atoms with Crippen LogP contribution in [0.5, 0.6) is 0 Å². The van der Waals surface area contributed by atoms with E-state index in [1.165, 1.54) is 173 Å². The van der Waals surface area contributed by atoms with Gasteiger partial charge in [0.2, 0.25) is 0 Å². The summed E-state index contributed by atoms with van der Waals surface area (Å²) < 4.78 is 2.61. The van der Waals surface area contributed by atoms with Crippen LogP contribution in [0.3, 0.4) is 0 Å². The highest BCUT2D eigenvalue weighted by Gasteiger charge is 2.25. The highest BCUT2D eigenvalue weighted by atomic mass is 15.1. The molecule has 2 heteroatoms. The minimum absolute atomic E-state index is 0.622. The standard InChI is InChI=1S/C35H68N2/c1-5-8-11-13-15-16-17-18-19-20-22-23-26-28-33(4)37-32-31-36-35(37)34(29-25-10-7-3)30-27-24-21-14-12-9-6-2/h31-34H,5-30H2,1-4H3/p+1. The van der Waals surface area contributed by atoms with Gasteiger partial charge in [0.05, 0.1) is 12.0 Å². The molecular formula is C35H69N2+. The van der Waals surface area contributed by atoms with Crippen molar-refractivity contribution >= 4 is 0 Å². The first kappa shape index (κ1) is 34.2. The first-order valence-corrected chi connectivity index (χ1v) is 17.3. The Bertz CT molecular complexity index is 578. The van der Waals surface area contributed by atoms with Crippen LogP contribution in [-0.4, -0.2) is 4.98 Å². The summed E-state index contributed by atoms with van der Waals surface area (Å²) >= 11 is 0. The molecule has 2 nitrogen and oxygen atoms in total. The fourth-order valence-electron chi connectivity index (χ4n) is 6.07. The van der Waals surface area contributed by atoms with Crippen LogP contribution >= 0.6 is 0 Å². The summed E-state index contributed by atoms with van der Waals surface area (Å²) in [5.41, 5.74) is 0. The zero-order chi connectivity index (χ0) is 26.8. The van der Waals surface area contributed by atoms with Crippen molar-refractivity contribution in [1.82, 2.24) is 4.98 Å². The molecule has 1 aromatic rings. The molecule has 2 atom stereocenters. The van der Waals surface area contributed by atoms with Crippen molar-refractivity contribution in [3.8, 4) is 0 Å². The first-order chi connectivity index (χ1) is 18.2. The average Bonchev–Trinajstić information content (AvgIpc) is 3.40. The Balaban J connectivity index is 2.28. The Hall–Kier alpha value is -0.790. The summed E-state index contributed by atoms with van der Waals surface area (Å²) in [6.45, 7) is 9.40. The highest BCUT2D eigenvalue weighted by molar-refractivity contribution is 4.90. The topological polar surface area (TPSA) is 19.7 Å². The number of nitrogens with zero attached hydrogens (tertiary/aromatic N) is 1. The Morgan fingerprint density at radius 3 is 1.32 bits per heavy atom. The summed E-state index contributed by atoms with van der Waals surface area (Å²) in [6.07, 6.45) is 41.3. The predicted molar refractivity (Wildman–Crippen MR) is 166 cm³/mol. The van der Waals surface area contributed by atoms with Gasteiger partial charge in [-0.3, -0.25) is 0 Å². The van der Waals surface area contributed by atoms with Crippen LogP contribution in [0.2, 0.25) is 0 Å². The van der Waals surface area contributed by atoms with Crippen molar-refractivity contribution in [2.45, 2.75) is 207 Å². The van der Waals surface area contributed by atoms with E-state index < -0.39 is 0 Å². The van der Waals surface area contributed by atoms with Gasteiger partial charge in [-0.2, -0.15) is 0 Å². The number of nitrogens with one attached hydrogen (secondary N) is 1. The summed E-state index contributed by atoms with van der Waals surface area (Å²) in [5, 5.41) is 0. The Kier molecular flexibility index (Phi) is 23.6. The molecule has 0 bridgehead atoms. The molecular weight excluding hydrogens is 448 g/mol. The number of aromatic nitrogens is 2. The second kappa shape index (κ2) is 25.5. The lowest BCUT2D eigenvalue weighted by molar-refractivity contribution is -0.727. The van der Waals surface area contributed by atoms with Gasteiger partial charge >= 0.3 is 0 Å². The smallest absolute Gasteiger partial charge is 0.247 e. The van der Waals surface area contributed by atoms with Crippen molar-refractivity contribution in [3.63, 3.8) is 0 Å². The maximum atomic E-state index is 3.69. The van der Waals surface area contributed by atoms with Gasteiger partial charge in [0.15, 0.2) is 0 Å². The zero-order valence-electron chi connectivity index (χ0n) is 26.1. The van der Waals surface area contributed by atoms with Crippen LogP contribution in [0.4, 0.5) is 0 Å². The first-order valence-electron chi connectivity index (χ1n) is 17.3. The second-order valence-corrected chi connectivity index (χ2v) is 12.2. The summed E-state index contributed by atoms with van der Waals surface area (Å²) in [5.74, 6) is 2.23. The summed E-state index contributed by atoms with van der Waals surface area (Å²) in [4.78, 5) is 3.69. The van der Waals surface area contributed by atoms with Crippen LogP contribution in [0.1, 0.15) is 212 Å². The molecule has 218 valence electrons.